The molecule has 40 heavy (non-hydrogen) atoms. The maximum absolute atomic E-state index is 14.2. The Labute approximate surface area is 231 Å². The highest BCUT2D eigenvalue weighted by atomic mass is 19.4. The van der Waals surface area contributed by atoms with Crippen LogP contribution in [-0.2, 0) is 16.0 Å². The summed E-state index contributed by atoms with van der Waals surface area (Å²) in [6.07, 6.45) is -3.16. The summed E-state index contributed by atoms with van der Waals surface area (Å²) in [4.78, 5) is 32.6. The Morgan fingerprint density at radius 1 is 1.02 bits per heavy atom. The summed E-state index contributed by atoms with van der Waals surface area (Å²) in [7, 11) is 0. The SMILES string of the molecule is Cc1nc(C(=O)N2CCNC[C@H]2Cc2ccccc2)c(-c2ccccc2)n1[C@@H]1CCCC[C@H]1OC(=O)C(F)(F)F. The molecular weight excluding hydrogens is 521 g/mol. The third-order valence-electron chi connectivity index (χ3n) is 7.75. The number of carbonyl (C=O) groups excluding carboxylic acids is 2. The standard InChI is InChI=1S/C30H33F3N4O3/c1-20-35-26(28(38)36-17-16-34-19-23(36)18-21-10-4-2-5-11-21)27(22-12-6-3-7-13-22)37(20)24-14-8-9-15-25(24)40-29(39)30(31,32)33/h2-7,10-13,23-25,34H,8-9,14-19H2,1H3/t23-,24-,25-/m1/s1. The molecule has 1 N–H and O–H groups in total. The molecule has 212 valence electrons. The van der Waals surface area contributed by atoms with E-state index in [4.69, 9.17) is 9.72 Å². The number of amides is 1. The zero-order valence-electron chi connectivity index (χ0n) is 22.4. The number of nitrogens with one attached hydrogen (secondary N) is 1. The van der Waals surface area contributed by atoms with Gasteiger partial charge in [-0.25, -0.2) is 9.78 Å². The smallest absolute Gasteiger partial charge is 0.454 e. The lowest BCUT2D eigenvalue weighted by Gasteiger charge is -2.36. The molecule has 0 radical (unpaired) electrons. The van der Waals surface area contributed by atoms with E-state index in [0.717, 1.165) is 17.5 Å². The van der Waals surface area contributed by atoms with Crippen LogP contribution in [0.25, 0.3) is 11.3 Å². The van der Waals surface area contributed by atoms with Gasteiger partial charge in [-0.3, -0.25) is 4.79 Å². The molecule has 1 amide bonds. The van der Waals surface area contributed by atoms with Crippen molar-refractivity contribution in [3.63, 3.8) is 0 Å². The normalized spacial score (nSPS) is 21.7. The molecule has 2 fully saturated rings. The molecule has 2 aliphatic rings. The van der Waals surface area contributed by atoms with E-state index in [1.165, 1.54) is 0 Å². The minimum atomic E-state index is -5.08. The van der Waals surface area contributed by atoms with Gasteiger partial charge in [0.2, 0.25) is 0 Å². The monoisotopic (exact) mass is 554 g/mol. The van der Waals surface area contributed by atoms with Crippen molar-refractivity contribution in [3.8, 4) is 11.3 Å². The number of aryl methyl sites for hydroxylation is 1. The predicted molar refractivity (Wildman–Crippen MR) is 144 cm³/mol. The molecule has 2 heterocycles. The number of alkyl halides is 3. The van der Waals surface area contributed by atoms with Gasteiger partial charge in [0.1, 0.15) is 11.9 Å². The first-order chi connectivity index (χ1) is 19.2. The van der Waals surface area contributed by atoms with E-state index in [2.05, 4.69) is 5.32 Å². The van der Waals surface area contributed by atoms with Crippen LogP contribution in [-0.4, -0.2) is 64.3 Å². The van der Waals surface area contributed by atoms with Crippen LogP contribution < -0.4 is 5.32 Å². The van der Waals surface area contributed by atoms with Crippen molar-refractivity contribution in [3.05, 3.63) is 77.7 Å². The molecule has 0 bridgehead atoms. The first-order valence-electron chi connectivity index (χ1n) is 13.7. The number of halogens is 3. The zero-order valence-corrected chi connectivity index (χ0v) is 22.4. The van der Waals surface area contributed by atoms with Crippen LogP contribution in [0, 0.1) is 6.92 Å². The first-order valence-corrected chi connectivity index (χ1v) is 13.7. The molecule has 1 saturated heterocycles. The molecule has 3 atom stereocenters. The number of esters is 1. The van der Waals surface area contributed by atoms with Crippen LogP contribution in [0.15, 0.2) is 60.7 Å². The Morgan fingerprint density at radius 2 is 1.70 bits per heavy atom. The number of imidazole rings is 1. The second-order valence-electron chi connectivity index (χ2n) is 10.4. The summed E-state index contributed by atoms with van der Waals surface area (Å²) in [5, 5.41) is 3.38. The van der Waals surface area contributed by atoms with Crippen LogP contribution in [0.4, 0.5) is 13.2 Å². The Kier molecular flexibility index (Phi) is 8.25. The summed E-state index contributed by atoms with van der Waals surface area (Å²) in [5.74, 6) is -1.91. The number of nitrogens with zero attached hydrogens (tertiary/aromatic N) is 3. The van der Waals surface area contributed by atoms with E-state index in [1.54, 1.807) is 6.92 Å². The average molecular weight is 555 g/mol. The Hall–Kier alpha value is -3.66. The third kappa shape index (κ3) is 5.91. The number of piperazine rings is 1. The lowest BCUT2D eigenvalue weighted by molar-refractivity contribution is -0.208. The van der Waals surface area contributed by atoms with Gasteiger partial charge in [-0.1, -0.05) is 67.1 Å². The highest BCUT2D eigenvalue weighted by molar-refractivity contribution is 5.99. The van der Waals surface area contributed by atoms with Gasteiger partial charge < -0.3 is 19.5 Å². The lowest BCUT2D eigenvalue weighted by Crippen LogP contribution is -2.54. The van der Waals surface area contributed by atoms with Crippen molar-refractivity contribution in [1.82, 2.24) is 19.8 Å². The maximum atomic E-state index is 14.2. The van der Waals surface area contributed by atoms with Gasteiger partial charge >= 0.3 is 12.1 Å². The quantitative estimate of drug-likeness (QED) is 0.429. The fourth-order valence-electron chi connectivity index (χ4n) is 5.92. The van der Waals surface area contributed by atoms with Crippen LogP contribution in [0.2, 0.25) is 0 Å². The van der Waals surface area contributed by atoms with E-state index in [0.29, 0.717) is 56.8 Å². The number of benzene rings is 2. The molecule has 1 aliphatic carbocycles. The van der Waals surface area contributed by atoms with Crippen LogP contribution in [0.1, 0.15) is 53.6 Å². The molecule has 3 aromatic rings. The van der Waals surface area contributed by atoms with Gasteiger partial charge in [-0.15, -0.1) is 0 Å². The number of carbonyl (C=O) groups is 2. The average Bonchev–Trinajstić information content (AvgIpc) is 3.30. The maximum Gasteiger partial charge on any atom is 0.490 e. The largest absolute Gasteiger partial charge is 0.490 e. The van der Waals surface area contributed by atoms with Crippen LogP contribution in [0.3, 0.4) is 0 Å². The van der Waals surface area contributed by atoms with Gasteiger partial charge in [0.15, 0.2) is 5.69 Å². The van der Waals surface area contributed by atoms with Crippen molar-refractivity contribution < 1.29 is 27.5 Å². The number of hydrogen-bond acceptors (Lipinski definition) is 5. The van der Waals surface area contributed by atoms with Crippen molar-refractivity contribution in [1.29, 1.82) is 0 Å². The molecule has 1 aromatic heterocycles. The number of aromatic nitrogens is 2. The highest BCUT2D eigenvalue weighted by Gasteiger charge is 2.45. The van der Waals surface area contributed by atoms with Gasteiger partial charge in [0, 0.05) is 31.2 Å². The topological polar surface area (TPSA) is 76.5 Å². The van der Waals surface area contributed by atoms with Crippen LogP contribution >= 0.6 is 0 Å². The molecule has 7 nitrogen and oxygen atoms in total. The van der Waals surface area contributed by atoms with Crippen molar-refractivity contribution in [2.75, 3.05) is 19.6 Å². The summed E-state index contributed by atoms with van der Waals surface area (Å²) in [5.41, 5.74) is 2.65. The molecular formula is C30H33F3N4O3. The molecule has 1 saturated carbocycles. The summed E-state index contributed by atoms with van der Waals surface area (Å²) < 4.78 is 46.2. The Balaban J connectivity index is 1.54. The van der Waals surface area contributed by atoms with Crippen molar-refractivity contribution in [2.24, 2.45) is 0 Å². The molecule has 0 unspecified atom stereocenters. The Bertz CT molecular complexity index is 1330. The van der Waals surface area contributed by atoms with Crippen LogP contribution in [0.5, 0.6) is 0 Å². The zero-order chi connectivity index (χ0) is 28.3. The van der Waals surface area contributed by atoms with Gasteiger partial charge in [-0.05, 0) is 38.2 Å². The Morgan fingerprint density at radius 3 is 2.40 bits per heavy atom. The summed E-state index contributed by atoms with van der Waals surface area (Å²) >= 11 is 0. The summed E-state index contributed by atoms with van der Waals surface area (Å²) in [6, 6.07) is 18.6. The fourth-order valence-corrected chi connectivity index (χ4v) is 5.92. The summed E-state index contributed by atoms with van der Waals surface area (Å²) in [6.45, 7) is 3.54. The van der Waals surface area contributed by atoms with E-state index < -0.39 is 24.3 Å². The van der Waals surface area contributed by atoms with E-state index >= 15 is 0 Å². The van der Waals surface area contributed by atoms with Gasteiger partial charge in [-0.2, -0.15) is 13.2 Å². The molecule has 0 spiro atoms. The second-order valence-corrected chi connectivity index (χ2v) is 10.4. The minimum absolute atomic E-state index is 0.0899. The predicted octanol–water partition coefficient (Wildman–Crippen LogP) is 5.10. The number of rotatable bonds is 6. The molecule has 5 rings (SSSR count). The van der Waals surface area contributed by atoms with E-state index in [9.17, 15) is 22.8 Å². The van der Waals surface area contributed by atoms with Crippen molar-refractivity contribution >= 4 is 11.9 Å². The number of ether oxygens (including phenoxy) is 1. The van der Waals surface area contributed by atoms with Gasteiger partial charge in [0.05, 0.1) is 11.7 Å². The highest BCUT2D eigenvalue weighted by Crippen LogP contribution is 2.38. The lowest BCUT2D eigenvalue weighted by atomic mass is 9.91. The number of hydrogen-bond donors (Lipinski definition) is 1. The van der Waals surface area contributed by atoms with E-state index in [-0.39, 0.29) is 17.6 Å². The second kappa shape index (κ2) is 11.8. The van der Waals surface area contributed by atoms with E-state index in [1.807, 2.05) is 70.1 Å². The van der Waals surface area contributed by atoms with Gasteiger partial charge in [0.25, 0.3) is 5.91 Å². The first kappa shape index (κ1) is 27.9. The molecule has 2 aromatic carbocycles. The minimum Gasteiger partial charge on any atom is -0.454 e. The third-order valence-corrected chi connectivity index (χ3v) is 7.75. The van der Waals surface area contributed by atoms with Crippen molar-refractivity contribution in [2.45, 2.75) is 63.4 Å². The fraction of sp³-hybridized carbons (Fsp3) is 0.433. The molecule has 10 heteroatoms. The molecule has 1 aliphatic heterocycles.